The van der Waals surface area contributed by atoms with Crippen molar-refractivity contribution in [3.8, 4) is 0 Å². The summed E-state index contributed by atoms with van der Waals surface area (Å²) in [7, 11) is 0. The largest absolute Gasteiger partial charge is 0.451 e. The number of para-hydroxylation sites is 2. The molecule has 0 aliphatic carbocycles. The molecule has 1 N–H and O–H groups in total. The van der Waals surface area contributed by atoms with Crippen molar-refractivity contribution in [1.82, 2.24) is 10.3 Å². The number of nitrogens with zero attached hydrogens (tertiary/aromatic N) is 1. The second kappa shape index (κ2) is 5.93. The summed E-state index contributed by atoms with van der Waals surface area (Å²) in [6.07, 6.45) is 0. The van der Waals surface area contributed by atoms with E-state index in [1.165, 1.54) is 0 Å². The number of rotatable bonds is 3. The van der Waals surface area contributed by atoms with Crippen LogP contribution in [0.25, 0.3) is 22.1 Å². The summed E-state index contributed by atoms with van der Waals surface area (Å²) in [6.45, 7) is 3.65. The number of nitrogens with one attached hydrogen (secondary N) is 1. The molecule has 126 valence electrons. The number of oxazole rings is 1. The van der Waals surface area contributed by atoms with Gasteiger partial charge in [0.1, 0.15) is 17.1 Å². The minimum absolute atomic E-state index is 0.264. The number of halogens is 1. The molecule has 0 saturated heterocycles. The van der Waals surface area contributed by atoms with Crippen LogP contribution in [0.4, 0.5) is 0 Å². The van der Waals surface area contributed by atoms with Crippen molar-refractivity contribution in [3.63, 3.8) is 0 Å². The van der Waals surface area contributed by atoms with E-state index in [1.807, 2.05) is 38.1 Å². The van der Waals surface area contributed by atoms with Crippen LogP contribution < -0.4 is 5.32 Å². The number of furan rings is 1. The van der Waals surface area contributed by atoms with E-state index in [9.17, 15) is 4.79 Å². The number of carbonyl (C=O) groups is 1. The van der Waals surface area contributed by atoms with E-state index in [4.69, 9.17) is 20.4 Å². The molecular weight excluding hydrogens is 340 g/mol. The number of fused-ring (bicyclic) bond motifs is 2. The maximum absolute atomic E-state index is 12.6. The third-order valence-electron chi connectivity index (χ3n) is 4.13. The zero-order valence-electron chi connectivity index (χ0n) is 13.7. The minimum atomic E-state index is -0.392. The zero-order chi connectivity index (χ0) is 17.6. The Morgan fingerprint density at radius 2 is 1.96 bits per heavy atom. The first-order valence-electron chi connectivity index (χ1n) is 7.88. The number of benzene rings is 2. The lowest BCUT2D eigenvalue weighted by Gasteiger charge is -2.09. The predicted molar refractivity (Wildman–Crippen MR) is 95.9 cm³/mol. The molecule has 0 radical (unpaired) electrons. The Labute approximate surface area is 148 Å². The number of aryl methyl sites for hydroxylation is 1. The maximum atomic E-state index is 12.6. The highest BCUT2D eigenvalue weighted by atomic mass is 35.5. The third kappa shape index (κ3) is 2.76. The van der Waals surface area contributed by atoms with Gasteiger partial charge in [-0.05, 0) is 44.2 Å². The maximum Gasteiger partial charge on any atom is 0.287 e. The predicted octanol–water partition coefficient (Wildman–Crippen LogP) is 5.03. The molecule has 1 atom stereocenters. The first-order chi connectivity index (χ1) is 12.0. The molecule has 1 amide bonds. The van der Waals surface area contributed by atoms with Gasteiger partial charge < -0.3 is 14.2 Å². The molecule has 0 spiro atoms. The molecule has 6 heteroatoms. The molecular formula is C19H15ClN2O3. The standard InChI is InChI=1S/C19H15ClN2O3/c1-10-13-9-12(20)7-8-15(13)24-17(10)18(23)21-11(2)19-22-14-5-3-4-6-16(14)25-19/h3-9,11H,1-2H3,(H,21,23). The van der Waals surface area contributed by atoms with Crippen LogP contribution in [0, 0.1) is 6.92 Å². The number of carbonyl (C=O) groups excluding carboxylic acids is 1. The van der Waals surface area contributed by atoms with Gasteiger partial charge in [-0.25, -0.2) is 4.98 Å². The van der Waals surface area contributed by atoms with Crippen LogP contribution in [0.2, 0.25) is 5.02 Å². The molecule has 2 aromatic heterocycles. The van der Waals surface area contributed by atoms with E-state index in [2.05, 4.69) is 10.3 Å². The summed E-state index contributed by atoms with van der Waals surface area (Å²) >= 11 is 6.02. The average Bonchev–Trinajstić information content (AvgIpc) is 3.17. The van der Waals surface area contributed by atoms with Crippen LogP contribution in [0.5, 0.6) is 0 Å². The molecule has 5 nitrogen and oxygen atoms in total. The first kappa shape index (κ1) is 15.7. The molecule has 0 aliphatic heterocycles. The van der Waals surface area contributed by atoms with E-state index >= 15 is 0 Å². The SMILES string of the molecule is Cc1c(C(=O)NC(C)c2nc3ccccc3o2)oc2ccc(Cl)cc12. The molecule has 0 saturated carbocycles. The minimum Gasteiger partial charge on any atom is -0.451 e. The van der Waals surface area contributed by atoms with Crippen LogP contribution in [0.1, 0.15) is 35.0 Å². The molecule has 1 unspecified atom stereocenters. The fourth-order valence-electron chi connectivity index (χ4n) is 2.81. The first-order valence-corrected chi connectivity index (χ1v) is 8.25. The van der Waals surface area contributed by atoms with Crippen molar-refractivity contribution in [3.05, 3.63) is 64.7 Å². The third-order valence-corrected chi connectivity index (χ3v) is 4.37. The molecule has 4 rings (SSSR count). The fraction of sp³-hybridized carbons (Fsp3) is 0.158. The van der Waals surface area contributed by atoms with E-state index < -0.39 is 6.04 Å². The van der Waals surface area contributed by atoms with Crippen molar-refractivity contribution < 1.29 is 13.6 Å². The lowest BCUT2D eigenvalue weighted by molar-refractivity contribution is 0.0908. The van der Waals surface area contributed by atoms with Crippen molar-refractivity contribution >= 4 is 39.6 Å². The number of hydrogen-bond donors (Lipinski definition) is 1. The quantitative estimate of drug-likeness (QED) is 0.560. The van der Waals surface area contributed by atoms with Crippen LogP contribution in [0.3, 0.4) is 0 Å². The summed E-state index contributed by atoms with van der Waals surface area (Å²) in [6, 6.07) is 12.4. The Bertz CT molecular complexity index is 1060. The van der Waals surface area contributed by atoms with Gasteiger partial charge in [-0.3, -0.25) is 4.79 Å². The van der Waals surface area contributed by atoms with Gasteiger partial charge >= 0.3 is 0 Å². The number of hydrogen-bond acceptors (Lipinski definition) is 4. The van der Waals surface area contributed by atoms with Crippen LogP contribution in [-0.4, -0.2) is 10.9 Å². The second-order valence-electron chi connectivity index (χ2n) is 5.91. The number of amides is 1. The van der Waals surface area contributed by atoms with Crippen LogP contribution >= 0.6 is 11.6 Å². The van der Waals surface area contributed by atoms with Gasteiger partial charge in [0.05, 0.1) is 0 Å². The monoisotopic (exact) mass is 354 g/mol. The molecule has 0 bridgehead atoms. The normalized spacial score (nSPS) is 12.6. The molecule has 2 aromatic carbocycles. The zero-order valence-corrected chi connectivity index (χ0v) is 14.4. The Kier molecular flexibility index (Phi) is 3.73. The fourth-order valence-corrected chi connectivity index (χ4v) is 2.98. The van der Waals surface area contributed by atoms with E-state index in [1.54, 1.807) is 18.2 Å². The Morgan fingerprint density at radius 1 is 1.16 bits per heavy atom. The van der Waals surface area contributed by atoms with Gasteiger partial charge in [-0.2, -0.15) is 0 Å². The Hall–Kier alpha value is -2.79. The molecule has 2 heterocycles. The molecule has 4 aromatic rings. The highest BCUT2D eigenvalue weighted by Gasteiger charge is 2.22. The molecule has 0 aliphatic rings. The van der Waals surface area contributed by atoms with Crippen LogP contribution in [-0.2, 0) is 0 Å². The van der Waals surface area contributed by atoms with Gasteiger partial charge in [0, 0.05) is 16.0 Å². The van der Waals surface area contributed by atoms with Gasteiger partial charge in [-0.1, -0.05) is 23.7 Å². The van der Waals surface area contributed by atoms with E-state index in [0.29, 0.717) is 22.1 Å². The second-order valence-corrected chi connectivity index (χ2v) is 6.35. The summed E-state index contributed by atoms with van der Waals surface area (Å²) < 4.78 is 11.4. The van der Waals surface area contributed by atoms with Gasteiger partial charge in [-0.15, -0.1) is 0 Å². The highest BCUT2D eigenvalue weighted by Crippen LogP contribution is 2.28. The number of aromatic nitrogens is 1. The highest BCUT2D eigenvalue weighted by molar-refractivity contribution is 6.31. The lowest BCUT2D eigenvalue weighted by Crippen LogP contribution is -2.27. The smallest absolute Gasteiger partial charge is 0.287 e. The average molecular weight is 355 g/mol. The molecule has 25 heavy (non-hydrogen) atoms. The summed E-state index contributed by atoms with van der Waals surface area (Å²) in [5, 5.41) is 4.29. The topological polar surface area (TPSA) is 68.3 Å². The van der Waals surface area contributed by atoms with Gasteiger partial charge in [0.2, 0.25) is 5.89 Å². The summed E-state index contributed by atoms with van der Waals surface area (Å²) in [4.78, 5) is 17.0. The Balaban J connectivity index is 1.62. The van der Waals surface area contributed by atoms with Crippen molar-refractivity contribution in [1.29, 1.82) is 0 Å². The summed E-state index contributed by atoms with van der Waals surface area (Å²) in [5.41, 5.74) is 2.82. The van der Waals surface area contributed by atoms with Crippen molar-refractivity contribution in [2.24, 2.45) is 0 Å². The van der Waals surface area contributed by atoms with Gasteiger partial charge in [0.25, 0.3) is 5.91 Å². The van der Waals surface area contributed by atoms with E-state index in [0.717, 1.165) is 16.5 Å². The summed E-state index contributed by atoms with van der Waals surface area (Å²) in [5.74, 6) is 0.395. The molecule has 0 fully saturated rings. The van der Waals surface area contributed by atoms with Crippen molar-refractivity contribution in [2.45, 2.75) is 19.9 Å². The van der Waals surface area contributed by atoms with Crippen molar-refractivity contribution in [2.75, 3.05) is 0 Å². The van der Waals surface area contributed by atoms with Crippen LogP contribution in [0.15, 0.2) is 51.3 Å². The Morgan fingerprint density at radius 3 is 2.76 bits per heavy atom. The lowest BCUT2D eigenvalue weighted by atomic mass is 10.1. The van der Waals surface area contributed by atoms with Gasteiger partial charge in [0.15, 0.2) is 11.3 Å². The van der Waals surface area contributed by atoms with E-state index in [-0.39, 0.29) is 11.7 Å².